The first-order chi connectivity index (χ1) is 8.43. The smallest absolute Gasteiger partial charge is 0.263 e. The average Bonchev–Trinajstić information content (AvgIpc) is 2.66. The molecule has 1 heterocycles. The lowest BCUT2D eigenvalue weighted by molar-refractivity contribution is 0.0967. The maximum Gasteiger partial charge on any atom is 0.263 e. The lowest BCUT2D eigenvalue weighted by Crippen LogP contribution is -2.22. The van der Waals surface area contributed by atoms with E-state index < -0.39 is 5.91 Å². The van der Waals surface area contributed by atoms with Crippen LogP contribution in [0.25, 0.3) is 0 Å². The second-order valence-corrected chi connectivity index (χ2v) is 4.89. The molecule has 1 aromatic rings. The summed E-state index contributed by atoms with van der Waals surface area (Å²) in [7, 11) is 3.36. The van der Waals surface area contributed by atoms with Crippen molar-refractivity contribution in [3.8, 4) is 0 Å². The van der Waals surface area contributed by atoms with Gasteiger partial charge in [-0.2, -0.15) is 0 Å². The minimum Gasteiger partial charge on any atom is -0.397 e. The van der Waals surface area contributed by atoms with Gasteiger partial charge in [-0.3, -0.25) is 9.59 Å². The molecule has 1 aromatic heterocycles. The van der Waals surface area contributed by atoms with Gasteiger partial charge in [-0.25, -0.2) is 0 Å². The normalized spacial score (nSPS) is 10.2. The highest BCUT2D eigenvalue weighted by Crippen LogP contribution is 2.37. The Balaban J connectivity index is 3.32. The van der Waals surface area contributed by atoms with Crippen LogP contribution in [0.5, 0.6) is 0 Å². The fraction of sp³-hybridized carbons (Fsp3) is 0.455. The van der Waals surface area contributed by atoms with Crippen molar-refractivity contribution in [2.75, 3.05) is 31.3 Å². The van der Waals surface area contributed by atoms with Gasteiger partial charge in [0.2, 0.25) is 0 Å². The van der Waals surface area contributed by atoms with E-state index in [-0.39, 0.29) is 17.2 Å². The number of carbonyl (C=O) groups is 2. The number of hydrogen-bond donors (Lipinski definition) is 3. The number of primary amides is 1. The van der Waals surface area contributed by atoms with E-state index in [9.17, 15) is 9.59 Å². The van der Waals surface area contributed by atoms with E-state index in [2.05, 4.69) is 5.32 Å². The molecule has 1 rings (SSSR count). The highest BCUT2D eigenvalue weighted by atomic mass is 32.1. The van der Waals surface area contributed by atoms with Crippen molar-refractivity contribution >= 4 is 33.8 Å². The van der Waals surface area contributed by atoms with E-state index in [1.54, 1.807) is 0 Å². The summed E-state index contributed by atoms with van der Waals surface area (Å²) >= 11 is 1.18. The van der Waals surface area contributed by atoms with Gasteiger partial charge in [-0.05, 0) is 6.42 Å². The van der Waals surface area contributed by atoms with Crippen LogP contribution in [0.2, 0.25) is 0 Å². The molecule has 0 aliphatic rings. The third kappa shape index (κ3) is 2.56. The molecule has 0 unspecified atom stereocenters. The summed E-state index contributed by atoms with van der Waals surface area (Å²) < 4.78 is 0. The molecular formula is C11H18N4O2S. The Labute approximate surface area is 110 Å². The van der Waals surface area contributed by atoms with Crippen LogP contribution in [0.15, 0.2) is 0 Å². The zero-order valence-electron chi connectivity index (χ0n) is 10.7. The molecule has 0 saturated heterocycles. The Morgan fingerprint density at radius 2 is 2.06 bits per heavy atom. The lowest BCUT2D eigenvalue weighted by Gasteiger charge is -2.17. The first kappa shape index (κ1) is 14.3. The largest absolute Gasteiger partial charge is 0.397 e. The van der Waals surface area contributed by atoms with Crippen molar-refractivity contribution in [3.05, 3.63) is 10.4 Å². The zero-order valence-corrected chi connectivity index (χ0v) is 11.6. The number of nitrogens with one attached hydrogen (secondary N) is 1. The number of thiophene rings is 1. The molecule has 0 bridgehead atoms. The zero-order chi connectivity index (χ0) is 13.9. The Kier molecular flexibility index (Phi) is 4.55. The van der Waals surface area contributed by atoms with Crippen LogP contribution in [0.1, 0.15) is 33.4 Å². The van der Waals surface area contributed by atoms with Crippen molar-refractivity contribution in [2.24, 2.45) is 5.73 Å². The van der Waals surface area contributed by atoms with Crippen molar-refractivity contribution in [1.82, 2.24) is 5.32 Å². The van der Waals surface area contributed by atoms with Gasteiger partial charge < -0.3 is 21.7 Å². The number of amides is 2. The number of nitrogens with two attached hydrogens (primary N) is 2. The molecule has 18 heavy (non-hydrogen) atoms. The summed E-state index contributed by atoms with van der Waals surface area (Å²) in [5, 5.41) is 3.13. The van der Waals surface area contributed by atoms with E-state index in [4.69, 9.17) is 11.5 Å². The Hall–Kier alpha value is -1.76. The maximum atomic E-state index is 11.7. The Bertz CT molecular complexity index is 470. The van der Waals surface area contributed by atoms with Gasteiger partial charge in [-0.1, -0.05) is 6.92 Å². The predicted molar refractivity (Wildman–Crippen MR) is 74.2 cm³/mol. The van der Waals surface area contributed by atoms with Gasteiger partial charge in [0, 0.05) is 20.6 Å². The monoisotopic (exact) mass is 270 g/mol. The van der Waals surface area contributed by atoms with Gasteiger partial charge in [-0.15, -0.1) is 11.3 Å². The molecule has 0 aromatic carbocycles. The standard InChI is InChI=1S/C11H18N4O2S/c1-4-5-15(3)11-6(9(13)16)7(12)8(18-11)10(17)14-2/h4-5,12H2,1-3H3,(H2,13,16)(H,14,17). The van der Waals surface area contributed by atoms with E-state index in [1.165, 1.54) is 18.4 Å². The number of hydrogen-bond acceptors (Lipinski definition) is 5. The van der Waals surface area contributed by atoms with Crippen LogP contribution < -0.4 is 21.7 Å². The second kappa shape index (κ2) is 5.72. The molecule has 0 radical (unpaired) electrons. The number of rotatable bonds is 5. The summed E-state index contributed by atoms with van der Waals surface area (Å²) in [6, 6.07) is 0. The number of nitrogens with zero attached hydrogens (tertiary/aromatic N) is 1. The molecule has 0 spiro atoms. The van der Waals surface area contributed by atoms with Crippen LogP contribution in [-0.4, -0.2) is 32.5 Å². The lowest BCUT2D eigenvalue weighted by atomic mass is 10.2. The van der Waals surface area contributed by atoms with E-state index in [1.807, 2.05) is 18.9 Å². The minimum absolute atomic E-state index is 0.157. The van der Waals surface area contributed by atoms with Crippen LogP contribution in [0.3, 0.4) is 0 Å². The summed E-state index contributed by atoms with van der Waals surface area (Å²) in [5.74, 6) is -0.923. The molecule has 0 fully saturated rings. The van der Waals surface area contributed by atoms with Crippen molar-refractivity contribution in [1.29, 1.82) is 0 Å². The quantitative estimate of drug-likeness (QED) is 0.730. The first-order valence-electron chi connectivity index (χ1n) is 5.59. The first-order valence-corrected chi connectivity index (χ1v) is 6.40. The number of carbonyl (C=O) groups excluding carboxylic acids is 2. The molecule has 2 amide bonds. The SMILES string of the molecule is CCCN(C)c1sc(C(=O)NC)c(N)c1C(N)=O. The fourth-order valence-corrected chi connectivity index (χ4v) is 2.82. The van der Waals surface area contributed by atoms with Crippen molar-refractivity contribution in [2.45, 2.75) is 13.3 Å². The molecule has 100 valence electrons. The van der Waals surface area contributed by atoms with Crippen molar-refractivity contribution < 1.29 is 9.59 Å². The molecule has 7 heteroatoms. The van der Waals surface area contributed by atoms with Gasteiger partial charge in [0.25, 0.3) is 11.8 Å². The highest BCUT2D eigenvalue weighted by molar-refractivity contribution is 7.19. The molecule has 0 aliphatic carbocycles. The third-order valence-electron chi connectivity index (χ3n) is 2.51. The highest BCUT2D eigenvalue weighted by Gasteiger charge is 2.25. The number of anilines is 2. The van der Waals surface area contributed by atoms with Crippen LogP contribution in [0.4, 0.5) is 10.7 Å². The Morgan fingerprint density at radius 3 is 2.50 bits per heavy atom. The van der Waals surface area contributed by atoms with Crippen LogP contribution >= 0.6 is 11.3 Å². The van der Waals surface area contributed by atoms with E-state index in [0.717, 1.165) is 13.0 Å². The maximum absolute atomic E-state index is 11.7. The number of nitrogen functional groups attached to an aromatic ring is 1. The minimum atomic E-state index is -0.614. The average molecular weight is 270 g/mol. The molecule has 5 N–H and O–H groups in total. The van der Waals surface area contributed by atoms with Gasteiger partial charge >= 0.3 is 0 Å². The molecule has 0 aliphatic heterocycles. The van der Waals surface area contributed by atoms with E-state index in [0.29, 0.717) is 9.88 Å². The second-order valence-electron chi connectivity index (χ2n) is 3.89. The predicted octanol–water partition coefficient (Wildman–Crippen LogP) is 0.635. The fourth-order valence-electron chi connectivity index (χ4n) is 1.66. The molecular weight excluding hydrogens is 252 g/mol. The van der Waals surface area contributed by atoms with Gasteiger partial charge in [0.15, 0.2) is 0 Å². The summed E-state index contributed by atoms with van der Waals surface area (Å²) in [5.41, 5.74) is 11.6. The van der Waals surface area contributed by atoms with Gasteiger partial charge in [0.1, 0.15) is 9.88 Å². The summed E-state index contributed by atoms with van der Waals surface area (Å²) in [6.45, 7) is 2.78. The van der Waals surface area contributed by atoms with Crippen molar-refractivity contribution in [3.63, 3.8) is 0 Å². The van der Waals surface area contributed by atoms with Gasteiger partial charge in [0.05, 0.1) is 11.3 Å². The summed E-state index contributed by atoms with van der Waals surface area (Å²) in [6.07, 6.45) is 0.918. The molecule has 6 nitrogen and oxygen atoms in total. The van der Waals surface area contributed by atoms with E-state index >= 15 is 0 Å². The Morgan fingerprint density at radius 1 is 1.44 bits per heavy atom. The summed E-state index contributed by atoms with van der Waals surface area (Å²) in [4.78, 5) is 25.3. The molecule has 0 saturated carbocycles. The third-order valence-corrected chi connectivity index (χ3v) is 3.83. The topological polar surface area (TPSA) is 101 Å². The van der Waals surface area contributed by atoms with Crippen LogP contribution in [-0.2, 0) is 0 Å². The van der Waals surface area contributed by atoms with Crippen LogP contribution in [0, 0.1) is 0 Å². The molecule has 0 atom stereocenters.